The van der Waals surface area contributed by atoms with Gasteiger partial charge in [-0.15, -0.1) is 11.3 Å². The number of nitrogens with zero attached hydrogens (tertiary/aromatic N) is 1. The second-order valence-corrected chi connectivity index (χ2v) is 13.9. The van der Waals surface area contributed by atoms with E-state index in [1.165, 1.54) is 27.8 Å². The number of methoxy groups -OCH3 is 1. The van der Waals surface area contributed by atoms with Crippen LogP contribution in [-0.4, -0.2) is 55.4 Å². The summed E-state index contributed by atoms with van der Waals surface area (Å²) in [6.45, 7) is 7.55. The molecule has 2 bridgehead atoms. The number of hydrogen-bond acceptors (Lipinski definition) is 7. The highest BCUT2D eigenvalue weighted by Gasteiger charge is 2.44. The molecule has 2 N–H and O–H groups in total. The van der Waals surface area contributed by atoms with E-state index >= 15 is 0 Å². The molecule has 3 unspecified atom stereocenters. The summed E-state index contributed by atoms with van der Waals surface area (Å²) in [7, 11) is 1.62. The van der Waals surface area contributed by atoms with Crippen LogP contribution in [0, 0.1) is 17.8 Å². The van der Waals surface area contributed by atoms with E-state index in [0.29, 0.717) is 47.1 Å². The second-order valence-electron chi connectivity index (χ2n) is 12.7. The molecule has 3 aromatic rings. The number of amides is 1. The summed E-state index contributed by atoms with van der Waals surface area (Å²) in [6, 6.07) is 14.8. The molecule has 1 aliphatic carbocycles. The summed E-state index contributed by atoms with van der Waals surface area (Å²) in [6.07, 6.45) is 5.89. The van der Waals surface area contributed by atoms with Crippen LogP contribution < -0.4 is 24.8 Å². The van der Waals surface area contributed by atoms with E-state index in [-0.39, 0.29) is 18.0 Å². The number of ether oxygens (including phenoxy) is 3. The van der Waals surface area contributed by atoms with Crippen molar-refractivity contribution in [2.24, 2.45) is 17.8 Å². The maximum absolute atomic E-state index is 14.8. The van der Waals surface area contributed by atoms with Crippen molar-refractivity contribution in [2.75, 3.05) is 26.7 Å². The largest absolute Gasteiger partial charge is 0.493 e. The number of carbonyl (C=O) groups is 1. The maximum Gasteiger partial charge on any atom is 0.254 e. The molecule has 4 aliphatic rings. The minimum Gasteiger partial charge on any atom is -0.493 e. The molecule has 41 heavy (non-hydrogen) atoms. The Morgan fingerprint density at radius 1 is 1.12 bits per heavy atom. The maximum atomic E-state index is 14.8. The molecule has 0 radical (unpaired) electrons. The molecule has 8 heteroatoms. The fourth-order valence-corrected chi connectivity index (χ4v) is 8.83. The summed E-state index contributed by atoms with van der Waals surface area (Å²) >= 11 is 1.79. The molecule has 7 nitrogen and oxygen atoms in total. The van der Waals surface area contributed by atoms with E-state index in [4.69, 9.17) is 14.2 Å². The molecule has 4 atom stereocenters. The number of piperidine rings is 1. The molecule has 2 aromatic carbocycles. The van der Waals surface area contributed by atoms with Gasteiger partial charge in [0, 0.05) is 41.1 Å². The van der Waals surface area contributed by atoms with Crippen molar-refractivity contribution in [1.82, 2.24) is 15.5 Å². The number of benzene rings is 2. The molecule has 2 saturated heterocycles. The fourth-order valence-electron chi connectivity index (χ4n) is 7.76. The van der Waals surface area contributed by atoms with Gasteiger partial charge in [0.25, 0.3) is 5.91 Å². The van der Waals surface area contributed by atoms with Crippen molar-refractivity contribution >= 4 is 27.3 Å². The lowest BCUT2D eigenvalue weighted by atomic mass is 9.79. The summed E-state index contributed by atoms with van der Waals surface area (Å²) in [5.41, 5.74) is 0.583. The highest BCUT2D eigenvalue weighted by Crippen LogP contribution is 2.48. The number of hydrogen-bond donors (Lipinski definition) is 2. The van der Waals surface area contributed by atoms with Gasteiger partial charge >= 0.3 is 0 Å². The second kappa shape index (κ2) is 10.8. The molecule has 218 valence electrons. The number of carbonyl (C=O) groups excluding carboxylic acids is 1. The summed E-state index contributed by atoms with van der Waals surface area (Å²) in [5, 5.41) is 8.69. The third kappa shape index (κ3) is 5.19. The lowest BCUT2D eigenvalue weighted by Gasteiger charge is -2.41. The highest BCUT2D eigenvalue weighted by atomic mass is 32.1. The fraction of sp³-hybridized carbons (Fsp3) is 0.545. The van der Waals surface area contributed by atoms with Crippen molar-refractivity contribution in [3.63, 3.8) is 0 Å². The Morgan fingerprint density at radius 2 is 1.93 bits per heavy atom. The zero-order chi connectivity index (χ0) is 28.1. The van der Waals surface area contributed by atoms with E-state index in [9.17, 15) is 4.79 Å². The monoisotopic (exact) mass is 575 g/mol. The molecular formula is C33H41N3O4S. The Labute approximate surface area is 246 Å². The molecule has 0 spiro atoms. The standard InChI is InChI=1S/C33H41N3O4S/c1-33(2)39-29-15-23(14-28(38-3)31(29)40-33)32(37)36(19-24-13-20-7-4-5-9-30(20)41-24)27(26-8-6-12-35-26)16-25-21-10-11-22(25)18-34-17-21/h4-5,7,9,13-15,21-22,25-27,34-35H,6,8,10-12,16-19H2,1-3H3/t21?,22?,25?,26?,27-/m0/s1. The van der Waals surface area contributed by atoms with Gasteiger partial charge in [0.2, 0.25) is 11.5 Å². The van der Waals surface area contributed by atoms with Crippen molar-refractivity contribution < 1.29 is 19.0 Å². The molecule has 3 fully saturated rings. The van der Waals surface area contributed by atoms with Gasteiger partial charge in [0.15, 0.2) is 11.5 Å². The lowest BCUT2D eigenvalue weighted by molar-refractivity contribution is -0.0439. The van der Waals surface area contributed by atoms with Crippen molar-refractivity contribution in [3.8, 4) is 17.2 Å². The number of rotatable bonds is 8. The van der Waals surface area contributed by atoms with Crippen molar-refractivity contribution in [1.29, 1.82) is 0 Å². The third-order valence-corrected chi connectivity index (χ3v) is 10.8. The van der Waals surface area contributed by atoms with E-state index in [0.717, 1.165) is 38.9 Å². The van der Waals surface area contributed by atoms with Crippen LogP contribution >= 0.6 is 11.3 Å². The van der Waals surface area contributed by atoms with Gasteiger partial charge in [-0.05, 0) is 99.1 Å². The first kappa shape index (κ1) is 27.0. The van der Waals surface area contributed by atoms with Crippen LogP contribution in [0.15, 0.2) is 42.5 Å². The van der Waals surface area contributed by atoms with Gasteiger partial charge in [-0.1, -0.05) is 18.2 Å². The average Bonchev–Trinajstić information content (AvgIpc) is 3.73. The van der Waals surface area contributed by atoms with Crippen LogP contribution in [0.5, 0.6) is 17.2 Å². The van der Waals surface area contributed by atoms with E-state index in [1.807, 2.05) is 26.0 Å². The van der Waals surface area contributed by atoms with Crippen LogP contribution in [0.1, 0.15) is 61.2 Å². The van der Waals surface area contributed by atoms with Gasteiger partial charge in [-0.25, -0.2) is 0 Å². The number of fused-ring (bicyclic) bond motifs is 4. The van der Waals surface area contributed by atoms with E-state index in [2.05, 4.69) is 45.9 Å². The first-order valence-electron chi connectivity index (χ1n) is 15.2. The van der Waals surface area contributed by atoms with Crippen molar-refractivity contribution in [3.05, 3.63) is 52.9 Å². The Kier molecular flexibility index (Phi) is 7.12. The Balaban J connectivity index is 1.28. The minimum absolute atomic E-state index is 0.0249. The minimum atomic E-state index is -0.807. The average molecular weight is 576 g/mol. The van der Waals surface area contributed by atoms with Gasteiger partial charge in [0.05, 0.1) is 13.7 Å². The first-order chi connectivity index (χ1) is 19.9. The van der Waals surface area contributed by atoms with Crippen molar-refractivity contribution in [2.45, 2.75) is 70.4 Å². The molecule has 7 rings (SSSR count). The van der Waals surface area contributed by atoms with Gasteiger partial charge < -0.3 is 29.7 Å². The highest BCUT2D eigenvalue weighted by molar-refractivity contribution is 7.19. The Bertz CT molecular complexity index is 1380. The quantitative estimate of drug-likeness (QED) is 0.353. The van der Waals surface area contributed by atoms with E-state index in [1.54, 1.807) is 18.4 Å². The van der Waals surface area contributed by atoms with Gasteiger partial charge in [-0.2, -0.15) is 0 Å². The summed E-state index contributed by atoms with van der Waals surface area (Å²) in [5.74, 6) is 2.92. The van der Waals surface area contributed by atoms with Crippen LogP contribution in [0.2, 0.25) is 0 Å². The Hall–Kier alpha value is -2.81. The molecular weight excluding hydrogens is 534 g/mol. The smallest absolute Gasteiger partial charge is 0.254 e. The third-order valence-electron chi connectivity index (χ3n) is 9.66. The zero-order valence-electron chi connectivity index (χ0n) is 24.3. The molecule has 4 heterocycles. The van der Waals surface area contributed by atoms with Crippen LogP contribution in [0.4, 0.5) is 0 Å². The van der Waals surface area contributed by atoms with Crippen LogP contribution in [0.25, 0.3) is 10.1 Å². The molecule has 3 aliphatic heterocycles. The Morgan fingerprint density at radius 3 is 2.66 bits per heavy atom. The summed E-state index contributed by atoms with van der Waals surface area (Å²) < 4.78 is 19.1. The summed E-state index contributed by atoms with van der Waals surface area (Å²) in [4.78, 5) is 18.1. The lowest BCUT2D eigenvalue weighted by Crippen LogP contribution is -2.52. The van der Waals surface area contributed by atoms with Gasteiger partial charge in [-0.3, -0.25) is 4.79 Å². The first-order valence-corrected chi connectivity index (χ1v) is 16.0. The normalized spacial score (nSPS) is 26.8. The molecule has 1 saturated carbocycles. The predicted molar refractivity (Wildman–Crippen MR) is 162 cm³/mol. The SMILES string of the molecule is COc1cc(C(=O)N(Cc2cc3ccccc3s2)[C@@H](CC2C3CCC2CNC3)C2CCCN2)cc2c1OC(C)(C)O2. The zero-order valence-corrected chi connectivity index (χ0v) is 25.1. The van der Waals surface area contributed by atoms with Crippen LogP contribution in [-0.2, 0) is 6.54 Å². The number of thiophene rings is 1. The van der Waals surface area contributed by atoms with E-state index < -0.39 is 5.79 Å². The predicted octanol–water partition coefficient (Wildman–Crippen LogP) is 5.82. The molecule has 1 aromatic heterocycles. The topological polar surface area (TPSA) is 72.1 Å². The van der Waals surface area contributed by atoms with Crippen LogP contribution in [0.3, 0.4) is 0 Å². The molecule has 1 amide bonds. The van der Waals surface area contributed by atoms with Gasteiger partial charge in [0.1, 0.15) is 0 Å². The number of nitrogens with one attached hydrogen (secondary N) is 2.